The summed E-state index contributed by atoms with van der Waals surface area (Å²) in [5.41, 5.74) is -1.61. The summed E-state index contributed by atoms with van der Waals surface area (Å²) in [4.78, 5) is 47.8. The molecule has 1 saturated heterocycles. The van der Waals surface area contributed by atoms with Gasteiger partial charge in [-0.15, -0.1) is 0 Å². The van der Waals surface area contributed by atoms with Crippen molar-refractivity contribution in [1.82, 2.24) is 15.5 Å². The van der Waals surface area contributed by atoms with Crippen molar-refractivity contribution in [1.29, 1.82) is 0 Å². The number of carbonyl (C=O) groups excluding carboxylic acids is 3. The highest BCUT2D eigenvalue weighted by Gasteiger charge is 2.43. The van der Waals surface area contributed by atoms with Crippen LogP contribution in [0.5, 0.6) is 0 Å². The molecule has 0 bridgehead atoms. The van der Waals surface area contributed by atoms with Crippen LogP contribution in [-0.4, -0.2) is 69.2 Å². The quantitative estimate of drug-likeness (QED) is 0.423. The standard InChI is InChI=1S/C16H27N3O6S/c1-15(2,3)25-14(24)17-10(11(20)21)6-8-26-9-7-19-12(22)16(4,5)18-13(19)23/h10H,6-9H2,1-5H3,(H,17,24)(H,18,23)(H,20,21). The van der Waals surface area contributed by atoms with Crippen LogP contribution in [0.1, 0.15) is 41.0 Å². The molecule has 0 aromatic carbocycles. The maximum atomic E-state index is 12.0. The number of carboxylic acid groups (broad SMARTS) is 1. The number of nitrogens with one attached hydrogen (secondary N) is 2. The molecule has 1 aliphatic heterocycles. The van der Waals surface area contributed by atoms with Gasteiger partial charge in [0.1, 0.15) is 17.2 Å². The van der Waals surface area contributed by atoms with Crippen molar-refractivity contribution in [3.63, 3.8) is 0 Å². The minimum Gasteiger partial charge on any atom is -0.480 e. The number of rotatable bonds is 8. The van der Waals surface area contributed by atoms with Crippen LogP contribution in [0.2, 0.25) is 0 Å². The fraction of sp³-hybridized carbons (Fsp3) is 0.750. The first-order valence-corrected chi connectivity index (χ1v) is 9.43. The smallest absolute Gasteiger partial charge is 0.408 e. The molecular formula is C16H27N3O6S. The van der Waals surface area contributed by atoms with Crippen molar-refractivity contribution < 1.29 is 29.0 Å². The molecule has 0 saturated carbocycles. The van der Waals surface area contributed by atoms with Crippen LogP contribution >= 0.6 is 11.8 Å². The molecule has 26 heavy (non-hydrogen) atoms. The van der Waals surface area contributed by atoms with Gasteiger partial charge in [-0.1, -0.05) is 0 Å². The van der Waals surface area contributed by atoms with E-state index in [0.717, 1.165) is 4.90 Å². The van der Waals surface area contributed by atoms with Gasteiger partial charge in [0.15, 0.2) is 0 Å². The summed E-state index contributed by atoms with van der Waals surface area (Å²) in [6, 6.07) is -1.48. The molecular weight excluding hydrogens is 362 g/mol. The Hall–Kier alpha value is -1.97. The molecule has 9 nitrogen and oxygen atoms in total. The molecule has 1 rings (SSSR count). The van der Waals surface area contributed by atoms with Gasteiger partial charge in [0.25, 0.3) is 5.91 Å². The van der Waals surface area contributed by atoms with Gasteiger partial charge in [-0.05, 0) is 46.8 Å². The molecule has 4 amide bonds. The van der Waals surface area contributed by atoms with Crippen LogP contribution in [0.3, 0.4) is 0 Å². The number of hydrogen-bond donors (Lipinski definition) is 3. The number of carbonyl (C=O) groups is 4. The molecule has 0 radical (unpaired) electrons. The number of hydrogen-bond acceptors (Lipinski definition) is 6. The molecule has 10 heteroatoms. The van der Waals surface area contributed by atoms with Crippen LogP contribution in [-0.2, 0) is 14.3 Å². The molecule has 1 atom stereocenters. The van der Waals surface area contributed by atoms with Crippen molar-refractivity contribution >= 4 is 35.8 Å². The van der Waals surface area contributed by atoms with Gasteiger partial charge in [-0.25, -0.2) is 14.4 Å². The zero-order valence-electron chi connectivity index (χ0n) is 15.7. The van der Waals surface area contributed by atoms with E-state index in [1.807, 2.05) is 0 Å². The SMILES string of the molecule is CC(C)(C)OC(=O)NC(CCSCCN1C(=O)NC(C)(C)C1=O)C(=O)O. The number of aliphatic carboxylic acids is 1. The van der Waals surface area contributed by atoms with Crippen LogP contribution in [0, 0.1) is 0 Å². The Morgan fingerprint density at radius 2 is 1.92 bits per heavy atom. The average Bonchev–Trinajstić information content (AvgIpc) is 2.64. The Labute approximate surface area is 157 Å². The molecule has 1 aliphatic rings. The molecule has 0 spiro atoms. The van der Waals surface area contributed by atoms with Gasteiger partial charge >= 0.3 is 18.1 Å². The topological polar surface area (TPSA) is 125 Å². The lowest BCUT2D eigenvalue weighted by atomic mass is 10.1. The summed E-state index contributed by atoms with van der Waals surface area (Å²) in [7, 11) is 0. The van der Waals surface area contributed by atoms with Gasteiger partial charge in [-0.2, -0.15) is 11.8 Å². The molecule has 0 aromatic heterocycles. The highest BCUT2D eigenvalue weighted by Crippen LogP contribution is 2.17. The molecule has 1 unspecified atom stereocenters. The second-order valence-electron chi connectivity index (χ2n) is 7.45. The third-order valence-corrected chi connectivity index (χ3v) is 4.44. The van der Waals surface area contributed by atoms with Crippen molar-refractivity contribution in [2.45, 2.75) is 58.2 Å². The first kappa shape index (κ1) is 22.1. The first-order valence-electron chi connectivity index (χ1n) is 8.27. The van der Waals surface area contributed by atoms with Crippen molar-refractivity contribution in [3.05, 3.63) is 0 Å². The Kier molecular flexibility index (Phi) is 7.31. The van der Waals surface area contributed by atoms with E-state index in [0.29, 0.717) is 11.5 Å². The Bertz CT molecular complexity index is 573. The highest BCUT2D eigenvalue weighted by atomic mass is 32.2. The fourth-order valence-corrected chi connectivity index (χ4v) is 3.11. The maximum absolute atomic E-state index is 12.0. The minimum absolute atomic E-state index is 0.199. The molecule has 1 heterocycles. The largest absolute Gasteiger partial charge is 0.480 e. The van der Waals surface area contributed by atoms with Crippen LogP contribution in [0.4, 0.5) is 9.59 Å². The summed E-state index contributed by atoms with van der Waals surface area (Å²) >= 11 is 1.40. The maximum Gasteiger partial charge on any atom is 0.408 e. The summed E-state index contributed by atoms with van der Waals surface area (Å²) in [5.74, 6) is -0.501. The molecule has 0 aliphatic carbocycles. The minimum atomic E-state index is -1.15. The van der Waals surface area contributed by atoms with Gasteiger partial charge in [0, 0.05) is 12.3 Å². The second kappa shape index (κ2) is 8.61. The van der Waals surface area contributed by atoms with Crippen LogP contribution in [0.15, 0.2) is 0 Å². The van der Waals surface area contributed by atoms with E-state index in [9.17, 15) is 24.3 Å². The van der Waals surface area contributed by atoms with E-state index in [1.165, 1.54) is 11.8 Å². The number of nitrogens with zero attached hydrogens (tertiary/aromatic N) is 1. The third-order valence-electron chi connectivity index (χ3n) is 3.44. The van der Waals surface area contributed by atoms with E-state index in [1.54, 1.807) is 34.6 Å². The normalized spacial score (nSPS) is 17.7. The van der Waals surface area contributed by atoms with Crippen LogP contribution < -0.4 is 10.6 Å². The second-order valence-corrected chi connectivity index (χ2v) is 8.67. The zero-order chi connectivity index (χ0) is 20.1. The lowest BCUT2D eigenvalue weighted by Crippen LogP contribution is -2.43. The Morgan fingerprint density at radius 3 is 2.38 bits per heavy atom. The third kappa shape index (κ3) is 6.74. The number of ether oxygens (including phenoxy) is 1. The number of thioether (sulfide) groups is 1. The number of urea groups is 1. The van der Waals surface area contributed by atoms with Crippen molar-refractivity contribution in [2.24, 2.45) is 0 Å². The lowest BCUT2D eigenvalue weighted by molar-refractivity contribution is -0.139. The average molecular weight is 389 g/mol. The van der Waals surface area contributed by atoms with Gasteiger partial charge in [-0.3, -0.25) is 9.69 Å². The van der Waals surface area contributed by atoms with E-state index >= 15 is 0 Å². The van der Waals surface area contributed by atoms with Gasteiger partial charge in [0.2, 0.25) is 0 Å². The van der Waals surface area contributed by atoms with Crippen LogP contribution in [0.25, 0.3) is 0 Å². The lowest BCUT2D eigenvalue weighted by Gasteiger charge is -2.22. The monoisotopic (exact) mass is 389 g/mol. The van der Waals surface area contributed by atoms with Crippen molar-refractivity contribution in [3.8, 4) is 0 Å². The first-order chi connectivity index (χ1) is 11.8. The van der Waals surface area contributed by atoms with Crippen molar-refractivity contribution in [2.75, 3.05) is 18.1 Å². The van der Waals surface area contributed by atoms with E-state index in [-0.39, 0.29) is 18.9 Å². The van der Waals surface area contributed by atoms with E-state index in [4.69, 9.17) is 4.74 Å². The molecule has 0 aromatic rings. The zero-order valence-corrected chi connectivity index (χ0v) is 16.6. The van der Waals surface area contributed by atoms with Gasteiger partial charge in [0.05, 0.1) is 0 Å². The fourth-order valence-electron chi connectivity index (χ4n) is 2.19. The van der Waals surface area contributed by atoms with E-state index < -0.39 is 35.3 Å². The highest BCUT2D eigenvalue weighted by molar-refractivity contribution is 7.99. The number of carboxylic acids is 1. The summed E-state index contributed by atoms with van der Waals surface area (Å²) in [6.45, 7) is 8.59. The van der Waals surface area contributed by atoms with E-state index in [2.05, 4.69) is 10.6 Å². The predicted octanol–water partition coefficient (Wildman–Crippen LogP) is 1.42. The Morgan fingerprint density at radius 1 is 1.31 bits per heavy atom. The summed E-state index contributed by atoms with van der Waals surface area (Å²) in [6.07, 6.45) is -0.582. The number of imide groups is 1. The summed E-state index contributed by atoms with van der Waals surface area (Å²) < 4.78 is 5.05. The molecule has 1 fully saturated rings. The van der Waals surface area contributed by atoms with Gasteiger partial charge < -0.3 is 20.5 Å². The number of amides is 4. The number of alkyl carbamates (subject to hydrolysis) is 1. The molecule has 3 N–H and O–H groups in total. The summed E-state index contributed by atoms with van der Waals surface area (Å²) in [5, 5.41) is 14.1. The molecule has 148 valence electrons. The predicted molar refractivity (Wildman–Crippen MR) is 97.1 cm³/mol. The Balaban J connectivity index is 2.36.